The molecule has 5 nitrogen and oxygen atoms in total. The van der Waals surface area contributed by atoms with Crippen LogP contribution in [0.25, 0.3) is 0 Å². The van der Waals surface area contributed by atoms with Crippen molar-refractivity contribution in [3.63, 3.8) is 0 Å². The second-order valence-electron chi connectivity index (χ2n) is 6.42. The molecule has 2 amide bonds. The molecule has 1 aliphatic heterocycles. The predicted molar refractivity (Wildman–Crippen MR) is 85.5 cm³/mol. The van der Waals surface area contributed by atoms with Crippen LogP contribution < -0.4 is 11.1 Å². The first kappa shape index (κ1) is 15.0. The third kappa shape index (κ3) is 2.99. The quantitative estimate of drug-likeness (QED) is 0.891. The Kier molecular flexibility index (Phi) is 4.16. The smallest absolute Gasteiger partial charge is 0.254 e. The first-order chi connectivity index (χ1) is 10.6. The Balaban J connectivity index is 1.70. The lowest BCUT2D eigenvalue weighted by Crippen LogP contribution is -2.39. The molecular weight excluding hydrogens is 278 g/mol. The molecule has 1 heterocycles. The van der Waals surface area contributed by atoms with Gasteiger partial charge in [-0.15, -0.1) is 0 Å². The number of benzene rings is 1. The van der Waals surface area contributed by atoms with Gasteiger partial charge in [0.25, 0.3) is 5.91 Å². The summed E-state index contributed by atoms with van der Waals surface area (Å²) >= 11 is 0. The molecule has 0 bridgehead atoms. The normalized spacial score (nSPS) is 26.8. The summed E-state index contributed by atoms with van der Waals surface area (Å²) in [6.45, 7) is 3.34. The zero-order chi connectivity index (χ0) is 15.7. The van der Waals surface area contributed by atoms with Crippen molar-refractivity contribution in [2.24, 2.45) is 17.6 Å². The minimum atomic E-state index is 0.00355. The molecule has 0 spiro atoms. The van der Waals surface area contributed by atoms with Gasteiger partial charge in [-0.2, -0.15) is 0 Å². The maximum absolute atomic E-state index is 12.6. The SMILES string of the molecule is CC1CC1C(=O)Nc1cccc(C(=O)N2CCCC2CN)c1. The van der Waals surface area contributed by atoms with Crippen molar-refractivity contribution in [2.45, 2.75) is 32.2 Å². The van der Waals surface area contributed by atoms with Gasteiger partial charge in [0.1, 0.15) is 0 Å². The fourth-order valence-corrected chi connectivity index (χ4v) is 3.17. The highest BCUT2D eigenvalue weighted by Crippen LogP contribution is 2.38. The van der Waals surface area contributed by atoms with E-state index in [1.165, 1.54) is 0 Å². The van der Waals surface area contributed by atoms with Gasteiger partial charge in [0.15, 0.2) is 0 Å². The Hall–Kier alpha value is -1.88. The highest BCUT2D eigenvalue weighted by Gasteiger charge is 2.39. The van der Waals surface area contributed by atoms with Crippen molar-refractivity contribution in [1.82, 2.24) is 4.90 Å². The van der Waals surface area contributed by atoms with Gasteiger partial charge in [-0.25, -0.2) is 0 Å². The van der Waals surface area contributed by atoms with Gasteiger partial charge in [0.05, 0.1) is 0 Å². The zero-order valence-corrected chi connectivity index (χ0v) is 12.9. The minimum absolute atomic E-state index is 0.00355. The van der Waals surface area contributed by atoms with Crippen LogP contribution in [0.4, 0.5) is 5.69 Å². The zero-order valence-electron chi connectivity index (χ0n) is 12.9. The van der Waals surface area contributed by atoms with E-state index in [0.717, 1.165) is 25.8 Å². The first-order valence-electron chi connectivity index (χ1n) is 8.02. The van der Waals surface area contributed by atoms with E-state index in [4.69, 9.17) is 5.73 Å². The number of hydrogen-bond donors (Lipinski definition) is 2. The molecule has 2 aliphatic rings. The Morgan fingerprint density at radius 1 is 1.41 bits per heavy atom. The number of carbonyl (C=O) groups is 2. The standard InChI is InChI=1S/C17H23N3O2/c1-11-8-15(11)16(21)19-13-5-2-4-12(9-13)17(22)20-7-3-6-14(20)10-18/h2,4-5,9,11,14-15H,3,6-8,10,18H2,1H3,(H,19,21). The van der Waals surface area contributed by atoms with Crippen LogP contribution in [0.5, 0.6) is 0 Å². The van der Waals surface area contributed by atoms with Crippen molar-refractivity contribution in [3.05, 3.63) is 29.8 Å². The molecule has 22 heavy (non-hydrogen) atoms. The Bertz CT molecular complexity index is 587. The third-order valence-electron chi connectivity index (χ3n) is 4.73. The maximum Gasteiger partial charge on any atom is 0.254 e. The second-order valence-corrected chi connectivity index (χ2v) is 6.42. The second kappa shape index (κ2) is 6.08. The van der Waals surface area contributed by atoms with E-state index >= 15 is 0 Å². The van der Waals surface area contributed by atoms with Crippen LogP contribution in [0.1, 0.15) is 36.5 Å². The highest BCUT2D eigenvalue weighted by atomic mass is 16.2. The van der Waals surface area contributed by atoms with Gasteiger partial charge in [-0.05, 0) is 43.4 Å². The Morgan fingerprint density at radius 2 is 2.18 bits per heavy atom. The van der Waals surface area contributed by atoms with Crippen LogP contribution >= 0.6 is 0 Å². The summed E-state index contributed by atoms with van der Waals surface area (Å²) in [5.41, 5.74) is 7.04. The molecule has 3 unspecified atom stereocenters. The summed E-state index contributed by atoms with van der Waals surface area (Å²) in [4.78, 5) is 26.5. The molecule has 0 aromatic heterocycles. The van der Waals surface area contributed by atoms with Crippen LogP contribution in [0.3, 0.4) is 0 Å². The lowest BCUT2D eigenvalue weighted by molar-refractivity contribution is -0.117. The number of rotatable bonds is 4. The molecule has 0 radical (unpaired) electrons. The Morgan fingerprint density at radius 3 is 2.86 bits per heavy atom. The number of likely N-dealkylation sites (tertiary alicyclic amines) is 1. The largest absolute Gasteiger partial charge is 0.334 e. The lowest BCUT2D eigenvalue weighted by Gasteiger charge is -2.23. The van der Waals surface area contributed by atoms with Crippen molar-refractivity contribution in [3.8, 4) is 0 Å². The summed E-state index contributed by atoms with van der Waals surface area (Å²) in [5.74, 6) is 0.654. The maximum atomic E-state index is 12.6. The fourth-order valence-electron chi connectivity index (χ4n) is 3.17. The molecule has 3 rings (SSSR count). The number of hydrogen-bond acceptors (Lipinski definition) is 3. The number of nitrogens with one attached hydrogen (secondary N) is 1. The Labute approximate surface area is 130 Å². The van der Waals surface area contributed by atoms with Gasteiger partial charge in [-0.1, -0.05) is 13.0 Å². The van der Waals surface area contributed by atoms with Crippen LogP contribution in [-0.2, 0) is 4.79 Å². The molecule has 3 N–H and O–H groups in total. The molecule has 1 aliphatic carbocycles. The first-order valence-corrected chi connectivity index (χ1v) is 8.02. The molecule has 118 valence electrons. The van der Waals surface area contributed by atoms with Crippen molar-refractivity contribution >= 4 is 17.5 Å². The van der Waals surface area contributed by atoms with Crippen LogP contribution in [-0.4, -0.2) is 35.8 Å². The monoisotopic (exact) mass is 301 g/mol. The predicted octanol–water partition coefficient (Wildman–Crippen LogP) is 1.84. The van der Waals surface area contributed by atoms with Gasteiger partial charge in [0, 0.05) is 36.3 Å². The fraction of sp³-hybridized carbons (Fsp3) is 0.529. The summed E-state index contributed by atoms with van der Waals surface area (Å²) in [6, 6.07) is 7.33. The van der Waals surface area contributed by atoms with Crippen LogP contribution in [0, 0.1) is 11.8 Å². The molecule has 1 saturated carbocycles. The van der Waals surface area contributed by atoms with Gasteiger partial charge < -0.3 is 16.0 Å². The molecule has 3 atom stereocenters. The summed E-state index contributed by atoms with van der Waals surface area (Å²) < 4.78 is 0. The number of amides is 2. The van der Waals surface area contributed by atoms with Crippen LogP contribution in [0.2, 0.25) is 0 Å². The van der Waals surface area contributed by atoms with Gasteiger partial charge in [-0.3, -0.25) is 9.59 Å². The number of nitrogens with two attached hydrogens (primary N) is 1. The van der Waals surface area contributed by atoms with Crippen molar-refractivity contribution in [2.75, 3.05) is 18.4 Å². The summed E-state index contributed by atoms with van der Waals surface area (Å²) in [7, 11) is 0. The van der Waals surface area contributed by atoms with Crippen molar-refractivity contribution in [1.29, 1.82) is 0 Å². The van der Waals surface area contributed by atoms with E-state index in [2.05, 4.69) is 12.2 Å². The van der Waals surface area contributed by atoms with E-state index in [1.807, 2.05) is 17.0 Å². The highest BCUT2D eigenvalue weighted by molar-refractivity contribution is 5.98. The molecule has 1 aromatic carbocycles. The average molecular weight is 301 g/mol. The van der Waals surface area contributed by atoms with E-state index in [1.54, 1.807) is 12.1 Å². The summed E-state index contributed by atoms with van der Waals surface area (Å²) in [6.07, 6.45) is 2.93. The molecular formula is C17H23N3O2. The lowest BCUT2D eigenvalue weighted by atomic mass is 10.1. The number of nitrogens with zero attached hydrogens (tertiary/aromatic N) is 1. The van der Waals surface area contributed by atoms with Crippen LogP contribution in [0.15, 0.2) is 24.3 Å². The number of carbonyl (C=O) groups excluding carboxylic acids is 2. The topological polar surface area (TPSA) is 75.4 Å². The molecule has 5 heteroatoms. The van der Waals surface area contributed by atoms with Crippen molar-refractivity contribution < 1.29 is 9.59 Å². The average Bonchev–Trinajstić information content (AvgIpc) is 3.08. The molecule has 2 fully saturated rings. The summed E-state index contributed by atoms with van der Waals surface area (Å²) in [5, 5.41) is 2.91. The van der Waals surface area contributed by atoms with Gasteiger partial charge >= 0.3 is 0 Å². The van der Waals surface area contributed by atoms with Gasteiger partial charge in [0.2, 0.25) is 5.91 Å². The molecule has 1 saturated heterocycles. The minimum Gasteiger partial charge on any atom is -0.334 e. The third-order valence-corrected chi connectivity index (χ3v) is 4.73. The molecule has 1 aromatic rings. The van der Waals surface area contributed by atoms with E-state index in [0.29, 0.717) is 23.7 Å². The van der Waals surface area contributed by atoms with E-state index in [9.17, 15) is 9.59 Å². The van der Waals surface area contributed by atoms with E-state index in [-0.39, 0.29) is 23.8 Å². The van der Waals surface area contributed by atoms with E-state index < -0.39 is 0 Å². The number of anilines is 1.